The Morgan fingerprint density at radius 3 is 0.846 bits per heavy atom. The van der Waals surface area contributed by atoms with Crippen LogP contribution in [-0.2, 0) is 18.9 Å². The van der Waals surface area contributed by atoms with E-state index in [0.29, 0.717) is 24.4 Å². The fraction of sp³-hybridized carbons (Fsp3) is 1.00. The molecule has 4 nitrogen and oxygen atoms in total. The molecule has 0 aliphatic carbocycles. The molecule has 4 fully saturated rings. The maximum Gasteiger partial charge on any atom is 0.0651 e. The molecule has 0 aromatic rings. The Kier molecular flexibility index (Phi) is 7.04. The lowest BCUT2D eigenvalue weighted by molar-refractivity contribution is -0.0682. The van der Waals surface area contributed by atoms with Gasteiger partial charge in [-0.1, -0.05) is 27.7 Å². The topological polar surface area (TPSA) is 36.9 Å². The van der Waals surface area contributed by atoms with Gasteiger partial charge >= 0.3 is 0 Å². The van der Waals surface area contributed by atoms with E-state index in [1.54, 1.807) is 0 Å². The minimum atomic E-state index is 0.215. The number of rotatable bonds is 4. The SMILES string of the molecule is CC(C)(C1CCCO1)C1CCCO1.CC(C)(C1CCCO1)C1CCCO1. The van der Waals surface area contributed by atoms with Crippen LogP contribution in [0.1, 0.15) is 79.1 Å². The molecule has 0 aromatic heterocycles. The summed E-state index contributed by atoms with van der Waals surface area (Å²) in [5, 5.41) is 0. The van der Waals surface area contributed by atoms with Crippen LogP contribution in [0.4, 0.5) is 0 Å². The summed E-state index contributed by atoms with van der Waals surface area (Å²) in [5.74, 6) is 0. The van der Waals surface area contributed by atoms with Crippen molar-refractivity contribution in [2.24, 2.45) is 10.8 Å². The normalized spacial score (nSPS) is 35.5. The van der Waals surface area contributed by atoms with Crippen LogP contribution in [0, 0.1) is 10.8 Å². The van der Waals surface area contributed by atoms with Crippen LogP contribution in [0.5, 0.6) is 0 Å². The van der Waals surface area contributed by atoms with E-state index in [-0.39, 0.29) is 10.8 Å². The highest BCUT2D eigenvalue weighted by molar-refractivity contribution is 4.91. The lowest BCUT2D eigenvalue weighted by Crippen LogP contribution is -2.39. The zero-order valence-corrected chi connectivity index (χ0v) is 17.4. The van der Waals surface area contributed by atoms with Gasteiger partial charge in [0.25, 0.3) is 0 Å². The number of ether oxygens (including phenoxy) is 4. The molecule has 0 spiro atoms. The van der Waals surface area contributed by atoms with Crippen LogP contribution >= 0.6 is 0 Å². The molecule has 0 N–H and O–H groups in total. The molecule has 4 aliphatic rings. The summed E-state index contributed by atoms with van der Waals surface area (Å²) >= 11 is 0. The van der Waals surface area contributed by atoms with Crippen molar-refractivity contribution in [1.82, 2.24) is 0 Å². The molecule has 0 radical (unpaired) electrons. The molecular formula is C22H40O4. The highest BCUT2D eigenvalue weighted by Crippen LogP contribution is 2.40. The van der Waals surface area contributed by atoms with Crippen molar-refractivity contribution in [1.29, 1.82) is 0 Å². The molecule has 4 rings (SSSR count). The molecule has 4 saturated heterocycles. The van der Waals surface area contributed by atoms with E-state index in [1.165, 1.54) is 51.4 Å². The average Bonchev–Trinajstić information content (AvgIpc) is 3.47. The third-order valence-corrected chi connectivity index (χ3v) is 7.04. The van der Waals surface area contributed by atoms with Gasteiger partial charge in [-0.25, -0.2) is 0 Å². The highest BCUT2D eigenvalue weighted by atomic mass is 16.5. The maximum atomic E-state index is 5.75. The molecule has 4 atom stereocenters. The van der Waals surface area contributed by atoms with Crippen LogP contribution in [-0.4, -0.2) is 50.8 Å². The molecule has 26 heavy (non-hydrogen) atoms. The third kappa shape index (κ3) is 4.63. The van der Waals surface area contributed by atoms with Gasteiger partial charge in [-0.2, -0.15) is 0 Å². The van der Waals surface area contributed by atoms with Gasteiger partial charge in [0.1, 0.15) is 0 Å². The monoisotopic (exact) mass is 368 g/mol. The zero-order valence-electron chi connectivity index (χ0n) is 17.4. The molecule has 0 amide bonds. The van der Waals surface area contributed by atoms with Gasteiger partial charge in [0, 0.05) is 37.3 Å². The smallest absolute Gasteiger partial charge is 0.0651 e. The second-order valence-corrected chi connectivity index (χ2v) is 9.65. The number of hydrogen-bond acceptors (Lipinski definition) is 4. The summed E-state index contributed by atoms with van der Waals surface area (Å²) in [6.45, 7) is 12.9. The average molecular weight is 369 g/mol. The first-order chi connectivity index (χ1) is 12.4. The summed E-state index contributed by atoms with van der Waals surface area (Å²) in [7, 11) is 0. The van der Waals surface area contributed by atoms with Crippen LogP contribution in [0.25, 0.3) is 0 Å². The second-order valence-electron chi connectivity index (χ2n) is 9.65. The molecule has 152 valence electrons. The van der Waals surface area contributed by atoms with Crippen LogP contribution in [0.15, 0.2) is 0 Å². The summed E-state index contributed by atoms with van der Waals surface area (Å²) < 4.78 is 23.0. The quantitative estimate of drug-likeness (QED) is 0.718. The van der Waals surface area contributed by atoms with E-state index < -0.39 is 0 Å². The molecular weight excluding hydrogens is 328 g/mol. The largest absolute Gasteiger partial charge is 0.378 e. The van der Waals surface area contributed by atoms with Gasteiger partial charge in [0.2, 0.25) is 0 Å². The van der Waals surface area contributed by atoms with Crippen molar-refractivity contribution in [3.63, 3.8) is 0 Å². The molecule has 4 heteroatoms. The molecule has 4 aliphatic heterocycles. The van der Waals surface area contributed by atoms with Gasteiger partial charge in [-0.3, -0.25) is 0 Å². The van der Waals surface area contributed by atoms with Crippen molar-refractivity contribution in [2.75, 3.05) is 26.4 Å². The standard InChI is InChI=1S/2C11H20O2/c2*1-11(2,9-5-3-7-12-9)10-6-4-8-13-10/h2*9-10H,3-8H2,1-2H3. The van der Waals surface area contributed by atoms with Gasteiger partial charge in [0.05, 0.1) is 24.4 Å². The fourth-order valence-electron chi connectivity index (χ4n) is 5.07. The predicted octanol–water partition coefficient (Wildman–Crippen LogP) is 4.74. The van der Waals surface area contributed by atoms with Crippen molar-refractivity contribution in [3.8, 4) is 0 Å². The summed E-state index contributed by atoms with van der Waals surface area (Å²) in [5.41, 5.74) is 0.431. The van der Waals surface area contributed by atoms with E-state index in [9.17, 15) is 0 Å². The van der Waals surface area contributed by atoms with Gasteiger partial charge in [-0.05, 0) is 51.4 Å². The minimum Gasteiger partial charge on any atom is -0.378 e. The van der Waals surface area contributed by atoms with E-state index >= 15 is 0 Å². The van der Waals surface area contributed by atoms with Crippen LogP contribution in [0.3, 0.4) is 0 Å². The highest BCUT2D eigenvalue weighted by Gasteiger charge is 2.42. The lowest BCUT2D eigenvalue weighted by atomic mass is 9.78. The fourth-order valence-corrected chi connectivity index (χ4v) is 5.07. The summed E-state index contributed by atoms with van der Waals surface area (Å²) in [6.07, 6.45) is 11.5. The Bertz CT molecular complexity index is 334. The van der Waals surface area contributed by atoms with Crippen molar-refractivity contribution < 1.29 is 18.9 Å². The van der Waals surface area contributed by atoms with E-state index in [2.05, 4.69) is 27.7 Å². The molecule has 4 unspecified atom stereocenters. The Labute approximate surface area is 160 Å². The van der Waals surface area contributed by atoms with Gasteiger partial charge in [-0.15, -0.1) is 0 Å². The van der Waals surface area contributed by atoms with Crippen LogP contribution < -0.4 is 0 Å². The maximum absolute atomic E-state index is 5.75. The first kappa shape index (κ1) is 20.6. The first-order valence-electron chi connectivity index (χ1n) is 10.9. The van der Waals surface area contributed by atoms with Crippen molar-refractivity contribution in [2.45, 2.75) is 103 Å². The summed E-state index contributed by atoms with van der Waals surface area (Å²) in [4.78, 5) is 0. The van der Waals surface area contributed by atoms with Gasteiger partial charge < -0.3 is 18.9 Å². The van der Waals surface area contributed by atoms with E-state index in [0.717, 1.165) is 26.4 Å². The third-order valence-electron chi connectivity index (χ3n) is 7.04. The minimum absolute atomic E-state index is 0.215. The van der Waals surface area contributed by atoms with E-state index in [4.69, 9.17) is 18.9 Å². The van der Waals surface area contributed by atoms with Gasteiger partial charge in [0.15, 0.2) is 0 Å². The lowest BCUT2D eigenvalue weighted by Gasteiger charge is -2.35. The molecule has 0 aromatic carbocycles. The Hall–Kier alpha value is -0.160. The Morgan fingerprint density at radius 1 is 0.462 bits per heavy atom. The number of hydrogen-bond donors (Lipinski definition) is 0. The zero-order chi connectivity index (χ0) is 18.6. The van der Waals surface area contributed by atoms with Crippen LogP contribution in [0.2, 0.25) is 0 Å². The Balaban J connectivity index is 0.000000151. The summed E-state index contributed by atoms with van der Waals surface area (Å²) in [6, 6.07) is 0. The molecule has 0 saturated carbocycles. The first-order valence-corrected chi connectivity index (χ1v) is 10.9. The molecule has 0 bridgehead atoms. The van der Waals surface area contributed by atoms with E-state index in [1.807, 2.05) is 0 Å². The Morgan fingerprint density at radius 2 is 0.692 bits per heavy atom. The van der Waals surface area contributed by atoms with Crippen molar-refractivity contribution in [3.05, 3.63) is 0 Å². The predicted molar refractivity (Wildman–Crippen MR) is 103 cm³/mol. The second kappa shape index (κ2) is 8.89. The van der Waals surface area contributed by atoms with Crippen molar-refractivity contribution >= 4 is 0 Å². The molecule has 4 heterocycles.